The minimum absolute atomic E-state index is 0.0220. The van der Waals surface area contributed by atoms with Gasteiger partial charge in [-0.25, -0.2) is 19.6 Å². The number of hydrogen-bond donors (Lipinski definition) is 1. The molecule has 0 radical (unpaired) electrons. The SMILES string of the molecule is COc1ccc(C(OC[C@H]2O[C@@H](n3cnc4c(NC(=O)c5ccccc5)ncnc43)[C@H](O[Si](C)(C)C(C)(C)C)[C@@H]2OP(OC(C)C#N)N(C(C)C)C(C)C)(c2ccccc2)c2ccc(OC)cc2)cc1. The monoisotopic (exact) mass is 987 g/mol. The number of methoxy groups -OCH3 is 2. The minimum atomic E-state index is -2.68. The number of amides is 1. The number of benzene rings is 4. The van der Waals surface area contributed by atoms with Gasteiger partial charge in [-0.1, -0.05) is 93.6 Å². The molecule has 17 heteroatoms. The number of rotatable bonds is 20. The predicted molar refractivity (Wildman–Crippen MR) is 274 cm³/mol. The van der Waals surface area contributed by atoms with E-state index in [1.807, 2.05) is 77.4 Å². The fourth-order valence-electron chi connectivity index (χ4n) is 8.39. The molecule has 0 bridgehead atoms. The lowest BCUT2D eigenvalue weighted by atomic mass is 9.80. The second kappa shape index (κ2) is 22.2. The van der Waals surface area contributed by atoms with Crippen molar-refractivity contribution in [3.05, 3.63) is 144 Å². The predicted octanol–water partition coefficient (Wildman–Crippen LogP) is 11.1. The summed E-state index contributed by atoms with van der Waals surface area (Å²) < 4.78 is 51.7. The van der Waals surface area contributed by atoms with Gasteiger partial charge in [0.15, 0.2) is 31.5 Å². The molecule has 1 saturated heterocycles. The van der Waals surface area contributed by atoms with Crippen LogP contribution in [0.5, 0.6) is 11.5 Å². The van der Waals surface area contributed by atoms with Gasteiger partial charge in [0, 0.05) is 17.6 Å². The van der Waals surface area contributed by atoms with Gasteiger partial charge in [0.25, 0.3) is 14.4 Å². The van der Waals surface area contributed by atoms with Gasteiger partial charge in [-0.2, -0.15) is 5.26 Å². The number of nitriles is 1. The number of hydrogen-bond acceptors (Lipinski definition) is 13. The molecule has 2 unspecified atom stereocenters. The molecular formula is C53H66N7O8PSi. The van der Waals surface area contributed by atoms with E-state index in [1.165, 1.54) is 6.33 Å². The molecule has 0 spiro atoms. The zero-order valence-electron chi connectivity index (χ0n) is 42.2. The summed E-state index contributed by atoms with van der Waals surface area (Å²) in [5, 5.41) is 12.9. The Morgan fingerprint density at radius 1 is 0.814 bits per heavy atom. The van der Waals surface area contributed by atoms with Crippen LogP contribution in [-0.2, 0) is 28.5 Å². The summed E-state index contributed by atoms with van der Waals surface area (Å²) in [5.74, 6) is 1.29. The van der Waals surface area contributed by atoms with Gasteiger partial charge in [-0.3, -0.25) is 9.36 Å². The maximum Gasteiger partial charge on any atom is 0.260 e. The van der Waals surface area contributed by atoms with E-state index in [0.29, 0.717) is 28.2 Å². The summed E-state index contributed by atoms with van der Waals surface area (Å²) >= 11 is 0. The van der Waals surface area contributed by atoms with E-state index in [-0.39, 0.29) is 35.5 Å². The average molecular weight is 988 g/mol. The number of nitrogens with zero attached hydrogens (tertiary/aromatic N) is 6. The van der Waals surface area contributed by atoms with Crippen molar-refractivity contribution in [2.45, 2.75) is 122 Å². The summed E-state index contributed by atoms with van der Waals surface area (Å²) in [6.45, 7) is 21.0. The van der Waals surface area contributed by atoms with Crippen LogP contribution in [0.4, 0.5) is 5.82 Å². The molecule has 15 nitrogen and oxygen atoms in total. The quantitative estimate of drug-likeness (QED) is 0.0437. The molecule has 1 amide bonds. The zero-order chi connectivity index (χ0) is 50.4. The third-order valence-corrected chi connectivity index (χ3v) is 19.6. The summed E-state index contributed by atoms with van der Waals surface area (Å²) in [4.78, 5) is 27.4. The number of carbonyl (C=O) groups excluding carboxylic acids is 1. The van der Waals surface area contributed by atoms with E-state index in [0.717, 1.165) is 16.7 Å². The molecule has 1 aliphatic rings. The Balaban J connectivity index is 1.42. The lowest BCUT2D eigenvalue weighted by molar-refractivity contribution is -0.0927. The number of ether oxygens (including phenoxy) is 4. The highest BCUT2D eigenvalue weighted by Crippen LogP contribution is 2.53. The molecular weight excluding hydrogens is 922 g/mol. The first-order chi connectivity index (χ1) is 33.4. The second-order valence-corrected chi connectivity index (χ2v) is 25.5. The van der Waals surface area contributed by atoms with Crippen molar-refractivity contribution in [1.29, 1.82) is 5.26 Å². The molecule has 1 aliphatic heterocycles. The molecule has 0 saturated carbocycles. The number of aromatic nitrogens is 4. The van der Waals surface area contributed by atoms with E-state index in [4.69, 9.17) is 42.4 Å². The molecule has 1 fully saturated rings. The van der Waals surface area contributed by atoms with Crippen LogP contribution in [0, 0.1) is 11.3 Å². The van der Waals surface area contributed by atoms with Crippen LogP contribution >= 0.6 is 8.53 Å². The highest BCUT2D eigenvalue weighted by atomic mass is 31.2. The van der Waals surface area contributed by atoms with Crippen LogP contribution in [0.15, 0.2) is 122 Å². The van der Waals surface area contributed by atoms with Gasteiger partial charge < -0.3 is 37.7 Å². The van der Waals surface area contributed by atoms with Gasteiger partial charge in [0.2, 0.25) is 0 Å². The highest BCUT2D eigenvalue weighted by molar-refractivity contribution is 7.44. The van der Waals surface area contributed by atoms with E-state index in [1.54, 1.807) is 51.7 Å². The summed E-state index contributed by atoms with van der Waals surface area (Å²) in [6.07, 6.45) is -1.14. The van der Waals surface area contributed by atoms with Crippen molar-refractivity contribution in [2.24, 2.45) is 0 Å². The smallest absolute Gasteiger partial charge is 0.260 e. The number of imidazole rings is 1. The maximum atomic E-state index is 13.5. The summed E-state index contributed by atoms with van der Waals surface area (Å²) in [5.41, 5.74) is 2.58. The lowest BCUT2D eigenvalue weighted by Gasteiger charge is -2.42. The molecule has 6 aromatic rings. The Kier molecular flexibility index (Phi) is 16.6. The van der Waals surface area contributed by atoms with Gasteiger partial charge in [-0.05, 0) is 106 Å². The van der Waals surface area contributed by atoms with Crippen LogP contribution in [0.25, 0.3) is 11.2 Å². The Bertz CT molecular complexity index is 2640. The van der Waals surface area contributed by atoms with Crippen LogP contribution in [-0.4, -0.2) is 95.7 Å². The molecule has 0 aliphatic carbocycles. The molecule has 7 rings (SSSR count). The lowest BCUT2D eigenvalue weighted by Crippen LogP contribution is -2.50. The first kappa shape index (κ1) is 52.2. The molecule has 370 valence electrons. The van der Waals surface area contributed by atoms with Crippen LogP contribution in [0.1, 0.15) is 88.7 Å². The van der Waals surface area contributed by atoms with Gasteiger partial charge in [-0.15, -0.1) is 0 Å². The zero-order valence-corrected chi connectivity index (χ0v) is 44.1. The van der Waals surface area contributed by atoms with Crippen LogP contribution < -0.4 is 14.8 Å². The molecule has 2 aromatic heterocycles. The fraction of sp³-hybridized carbons (Fsp3) is 0.415. The Morgan fingerprint density at radius 3 is 1.90 bits per heavy atom. The fourth-order valence-corrected chi connectivity index (χ4v) is 11.5. The van der Waals surface area contributed by atoms with Crippen molar-refractivity contribution < 1.29 is 37.2 Å². The minimum Gasteiger partial charge on any atom is -0.497 e. The standard InChI is InChI=1S/C53H66N7O8PSi/c1-35(2)60(36(3)4)69(66-37(5)31-54)67-46-44(32-64-53(39-21-17-14-18-22-39,40-23-27-42(62-9)28-24-40)41-25-29-43(63-10)30-26-41)65-51(47(46)68-70(11,12)52(6,7)8)59-34-57-45-48(55-33-56-49(45)59)58-50(61)38-19-15-13-16-20-38/h13-30,33-37,44,46-47,51H,32H2,1-12H3,(H,55,56,58,61)/t37?,44-,46-,47-,51-,69?/m1/s1. The van der Waals surface area contributed by atoms with Crippen molar-refractivity contribution in [2.75, 3.05) is 26.1 Å². The molecule has 6 atom stereocenters. The van der Waals surface area contributed by atoms with E-state index >= 15 is 0 Å². The van der Waals surface area contributed by atoms with Gasteiger partial charge in [0.05, 0.1) is 33.2 Å². The summed E-state index contributed by atoms with van der Waals surface area (Å²) in [6, 6.07) is 36.9. The largest absolute Gasteiger partial charge is 0.497 e. The van der Waals surface area contributed by atoms with Crippen LogP contribution in [0.2, 0.25) is 18.1 Å². The Labute approximate surface area is 414 Å². The molecule has 3 heterocycles. The molecule has 1 N–H and O–H groups in total. The van der Waals surface area contributed by atoms with Crippen molar-refractivity contribution in [3.63, 3.8) is 0 Å². The highest BCUT2D eigenvalue weighted by Gasteiger charge is 2.55. The second-order valence-electron chi connectivity index (χ2n) is 19.3. The van der Waals surface area contributed by atoms with Crippen LogP contribution in [0.3, 0.4) is 0 Å². The van der Waals surface area contributed by atoms with E-state index in [9.17, 15) is 10.1 Å². The topological polar surface area (TPSA) is 164 Å². The number of carbonyl (C=O) groups is 1. The third kappa shape index (κ3) is 11.1. The van der Waals surface area contributed by atoms with E-state index < -0.39 is 53.1 Å². The third-order valence-electron chi connectivity index (χ3n) is 12.9. The van der Waals surface area contributed by atoms with Gasteiger partial charge in [0.1, 0.15) is 47.8 Å². The Hall–Kier alpha value is -5.60. The van der Waals surface area contributed by atoms with Crippen molar-refractivity contribution >= 4 is 39.7 Å². The summed E-state index contributed by atoms with van der Waals surface area (Å²) in [7, 11) is -1.32. The Morgan fingerprint density at radius 2 is 1.37 bits per heavy atom. The molecule has 70 heavy (non-hydrogen) atoms. The average Bonchev–Trinajstić information content (AvgIpc) is 3.92. The first-order valence-electron chi connectivity index (χ1n) is 23.6. The van der Waals surface area contributed by atoms with Gasteiger partial charge >= 0.3 is 0 Å². The number of fused-ring (bicyclic) bond motifs is 1. The maximum absolute atomic E-state index is 13.5. The number of nitrogens with one attached hydrogen (secondary N) is 1. The van der Waals surface area contributed by atoms with Crippen molar-refractivity contribution in [1.82, 2.24) is 24.2 Å². The molecule has 4 aromatic carbocycles. The van der Waals surface area contributed by atoms with E-state index in [2.05, 4.69) is 94.7 Å². The first-order valence-corrected chi connectivity index (χ1v) is 27.6. The normalized spacial score (nSPS) is 18.5. The number of anilines is 1. The van der Waals surface area contributed by atoms with Crippen molar-refractivity contribution in [3.8, 4) is 17.6 Å².